The molecule has 0 bridgehead atoms. The number of aromatic nitrogens is 3. The summed E-state index contributed by atoms with van der Waals surface area (Å²) in [6.07, 6.45) is -0.866. The first-order chi connectivity index (χ1) is 13.6. The van der Waals surface area contributed by atoms with Crippen molar-refractivity contribution < 1.29 is 13.2 Å². The molecular weight excluding hydrogens is 407 g/mol. The fourth-order valence-corrected chi connectivity index (χ4v) is 3.28. The number of pyridine rings is 1. The van der Waals surface area contributed by atoms with Crippen molar-refractivity contribution in [2.45, 2.75) is 38.4 Å². The summed E-state index contributed by atoms with van der Waals surface area (Å²) in [5.74, 6) is -0.935. The largest absolute Gasteiger partial charge is 0.421 e. The Balaban J connectivity index is 0.000000177. The molecule has 29 heavy (non-hydrogen) atoms. The molecule has 3 aromatic rings. The van der Waals surface area contributed by atoms with Crippen molar-refractivity contribution in [1.82, 2.24) is 14.5 Å². The number of hydrogen-bond donors (Lipinski definition) is 2. The van der Waals surface area contributed by atoms with Crippen LogP contribution in [-0.2, 0) is 12.6 Å². The summed E-state index contributed by atoms with van der Waals surface area (Å²) in [5, 5.41) is 2.18. The number of aryl methyl sites for hydroxylation is 1. The zero-order valence-electron chi connectivity index (χ0n) is 15.5. The highest BCUT2D eigenvalue weighted by atomic mass is 35.5. The van der Waals surface area contributed by atoms with Gasteiger partial charge in [-0.1, -0.05) is 30.7 Å². The molecule has 0 aliphatic heterocycles. The average Bonchev–Trinajstić information content (AvgIpc) is 3.45. The number of fused-ring (bicyclic) bond motifs is 1. The molecule has 10 heteroatoms. The van der Waals surface area contributed by atoms with Crippen molar-refractivity contribution in [3.05, 3.63) is 57.1 Å². The molecule has 1 aliphatic carbocycles. The Bertz CT molecular complexity index is 1110. The van der Waals surface area contributed by atoms with Gasteiger partial charge in [0.2, 0.25) is 5.95 Å². The summed E-state index contributed by atoms with van der Waals surface area (Å²) in [6.45, 7) is 2.09. The van der Waals surface area contributed by atoms with E-state index in [9.17, 15) is 18.0 Å². The van der Waals surface area contributed by atoms with Crippen LogP contribution in [0.15, 0.2) is 35.3 Å². The second-order valence-electron chi connectivity index (χ2n) is 6.62. The van der Waals surface area contributed by atoms with E-state index >= 15 is 0 Å². The van der Waals surface area contributed by atoms with E-state index in [1.807, 2.05) is 16.7 Å². The number of hydrogen-bond acceptors (Lipinski definition) is 5. The van der Waals surface area contributed by atoms with Crippen LogP contribution in [0.3, 0.4) is 0 Å². The fourth-order valence-electron chi connectivity index (χ4n) is 3.02. The lowest BCUT2D eigenvalue weighted by molar-refractivity contribution is -0.137. The molecule has 6 nitrogen and oxygen atoms in total. The van der Waals surface area contributed by atoms with E-state index in [-0.39, 0.29) is 11.5 Å². The number of anilines is 2. The SMILES string of the molecule is CCc1cc2cccc(Cl)c2c(=O)n1C1CC1.Nc1ncc(C(F)(F)F)c(N)n1. The van der Waals surface area contributed by atoms with Gasteiger partial charge in [0.15, 0.2) is 0 Å². The minimum absolute atomic E-state index is 0.0763. The van der Waals surface area contributed by atoms with Gasteiger partial charge in [-0.3, -0.25) is 4.79 Å². The zero-order valence-corrected chi connectivity index (χ0v) is 16.3. The molecule has 1 aromatic carbocycles. The third kappa shape index (κ3) is 4.45. The van der Waals surface area contributed by atoms with Crippen molar-refractivity contribution in [3.8, 4) is 0 Å². The normalized spacial score (nSPS) is 13.8. The number of nitrogen functional groups attached to an aromatic ring is 2. The van der Waals surface area contributed by atoms with Crippen LogP contribution in [0.5, 0.6) is 0 Å². The zero-order chi connectivity index (χ0) is 21.3. The number of nitrogens with two attached hydrogens (primary N) is 2. The topological polar surface area (TPSA) is 99.8 Å². The van der Waals surface area contributed by atoms with E-state index in [4.69, 9.17) is 23.1 Å². The molecule has 0 atom stereocenters. The smallest absolute Gasteiger partial charge is 0.383 e. The maximum absolute atomic E-state index is 12.5. The summed E-state index contributed by atoms with van der Waals surface area (Å²) in [5.41, 5.74) is 10.1. The van der Waals surface area contributed by atoms with Crippen LogP contribution in [0.25, 0.3) is 10.8 Å². The van der Waals surface area contributed by atoms with Gasteiger partial charge in [0.25, 0.3) is 5.56 Å². The maximum atomic E-state index is 12.5. The summed E-state index contributed by atoms with van der Waals surface area (Å²) >= 11 is 6.14. The molecule has 0 unspecified atom stereocenters. The third-order valence-electron chi connectivity index (χ3n) is 4.53. The molecule has 0 amide bonds. The van der Waals surface area contributed by atoms with E-state index in [0.29, 0.717) is 22.6 Å². The molecular formula is C19H19ClF3N5O. The van der Waals surface area contributed by atoms with Crippen LogP contribution in [0, 0.1) is 0 Å². The fraction of sp³-hybridized carbons (Fsp3) is 0.316. The molecule has 4 N–H and O–H groups in total. The molecule has 1 saturated carbocycles. The van der Waals surface area contributed by atoms with E-state index in [1.165, 1.54) is 0 Å². The third-order valence-corrected chi connectivity index (χ3v) is 4.84. The second kappa shape index (κ2) is 7.90. The molecule has 0 saturated heterocycles. The minimum Gasteiger partial charge on any atom is -0.383 e. The van der Waals surface area contributed by atoms with Crippen LogP contribution in [0.2, 0.25) is 5.02 Å². The van der Waals surface area contributed by atoms with Gasteiger partial charge in [0.05, 0.1) is 10.4 Å². The first-order valence-corrected chi connectivity index (χ1v) is 9.29. The number of halogens is 4. The highest BCUT2D eigenvalue weighted by molar-refractivity contribution is 6.35. The highest BCUT2D eigenvalue weighted by Gasteiger charge is 2.34. The Hall–Kier alpha value is -2.81. The Kier molecular flexibility index (Phi) is 5.70. The lowest BCUT2D eigenvalue weighted by Gasteiger charge is -2.12. The van der Waals surface area contributed by atoms with Crippen molar-refractivity contribution in [2.24, 2.45) is 0 Å². The Morgan fingerprint density at radius 1 is 1.28 bits per heavy atom. The summed E-state index contributed by atoms with van der Waals surface area (Å²) in [4.78, 5) is 18.8. The van der Waals surface area contributed by atoms with Gasteiger partial charge in [0.1, 0.15) is 11.4 Å². The monoisotopic (exact) mass is 425 g/mol. The molecule has 2 aromatic heterocycles. The molecule has 4 rings (SSSR count). The molecule has 0 radical (unpaired) electrons. The predicted octanol–water partition coefficient (Wildman–Crippen LogP) is 4.21. The van der Waals surface area contributed by atoms with Gasteiger partial charge in [-0.2, -0.15) is 18.2 Å². The lowest BCUT2D eigenvalue weighted by Crippen LogP contribution is -2.22. The standard InChI is InChI=1S/C14H14ClNO.C5H5F3N4/c1-2-10-8-9-4-3-5-12(15)13(9)14(17)16(10)11-6-7-11;6-5(7,8)2-1-11-4(10)12-3(2)9/h3-5,8,11H,2,6-7H2,1H3;1H,(H4,9,10,11,12). The molecule has 0 spiro atoms. The quantitative estimate of drug-likeness (QED) is 0.640. The van der Waals surface area contributed by atoms with Crippen LogP contribution < -0.4 is 17.0 Å². The lowest BCUT2D eigenvalue weighted by atomic mass is 10.1. The molecule has 154 valence electrons. The predicted molar refractivity (Wildman–Crippen MR) is 107 cm³/mol. The Morgan fingerprint density at radius 3 is 2.52 bits per heavy atom. The summed E-state index contributed by atoms with van der Waals surface area (Å²) < 4.78 is 37.9. The van der Waals surface area contributed by atoms with E-state index in [1.54, 1.807) is 6.07 Å². The molecule has 1 aliphatic rings. The number of alkyl halides is 3. The van der Waals surface area contributed by atoms with Crippen molar-refractivity contribution >= 4 is 34.1 Å². The van der Waals surface area contributed by atoms with Crippen molar-refractivity contribution in [1.29, 1.82) is 0 Å². The molecule has 1 fully saturated rings. The average molecular weight is 426 g/mol. The van der Waals surface area contributed by atoms with Gasteiger partial charge >= 0.3 is 6.18 Å². The molecule has 2 heterocycles. The van der Waals surface area contributed by atoms with Crippen LogP contribution in [0.1, 0.15) is 37.1 Å². The number of nitrogens with zero attached hydrogens (tertiary/aromatic N) is 3. The van der Waals surface area contributed by atoms with Crippen LogP contribution in [0.4, 0.5) is 24.9 Å². The van der Waals surface area contributed by atoms with Gasteiger partial charge in [-0.25, -0.2) is 4.98 Å². The maximum Gasteiger partial charge on any atom is 0.421 e. The Labute approximate surface area is 169 Å². The van der Waals surface area contributed by atoms with E-state index in [0.717, 1.165) is 30.3 Å². The second-order valence-corrected chi connectivity index (χ2v) is 7.03. The van der Waals surface area contributed by atoms with Crippen LogP contribution >= 0.6 is 11.6 Å². The van der Waals surface area contributed by atoms with E-state index < -0.39 is 17.6 Å². The first kappa shape index (κ1) is 20.9. The number of benzene rings is 1. The highest BCUT2D eigenvalue weighted by Crippen LogP contribution is 2.36. The van der Waals surface area contributed by atoms with Crippen molar-refractivity contribution in [2.75, 3.05) is 11.5 Å². The van der Waals surface area contributed by atoms with Crippen molar-refractivity contribution in [3.63, 3.8) is 0 Å². The summed E-state index contributed by atoms with van der Waals surface area (Å²) in [7, 11) is 0. The van der Waals surface area contributed by atoms with Gasteiger partial charge in [0, 0.05) is 17.9 Å². The minimum atomic E-state index is -4.53. The van der Waals surface area contributed by atoms with Gasteiger partial charge < -0.3 is 16.0 Å². The van der Waals surface area contributed by atoms with Gasteiger partial charge in [-0.05, 0) is 36.8 Å². The first-order valence-electron chi connectivity index (χ1n) is 8.91. The Morgan fingerprint density at radius 2 is 1.97 bits per heavy atom. The van der Waals surface area contributed by atoms with Gasteiger partial charge in [-0.15, -0.1) is 0 Å². The van der Waals surface area contributed by atoms with Crippen LogP contribution in [-0.4, -0.2) is 14.5 Å². The summed E-state index contributed by atoms with van der Waals surface area (Å²) in [6, 6.07) is 8.14. The van der Waals surface area contributed by atoms with E-state index in [2.05, 4.69) is 23.0 Å². The number of rotatable bonds is 2.